The molecule has 0 atom stereocenters. The number of halogens is 1. The van der Waals surface area contributed by atoms with Crippen LogP contribution in [0.1, 0.15) is 25.5 Å². The van der Waals surface area contributed by atoms with Crippen molar-refractivity contribution in [1.82, 2.24) is 4.98 Å². The van der Waals surface area contributed by atoms with Gasteiger partial charge in [-0.3, -0.25) is 4.98 Å². The Morgan fingerprint density at radius 1 is 1.50 bits per heavy atom. The smallest absolute Gasteiger partial charge is 0.136 e. The van der Waals surface area contributed by atoms with Crippen LogP contribution in [0.2, 0.25) is 0 Å². The van der Waals surface area contributed by atoms with Crippen molar-refractivity contribution in [3.8, 4) is 5.75 Å². The standard InChI is InChI=1S/C9H12BrNO/c1-6(2)8-4-9(12-3)7(10)5-11-8/h4-6H,1-3H3. The monoisotopic (exact) mass is 229 g/mol. The van der Waals surface area contributed by atoms with Gasteiger partial charge in [0.2, 0.25) is 0 Å². The third kappa shape index (κ3) is 1.97. The fraction of sp³-hybridized carbons (Fsp3) is 0.444. The Morgan fingerprint density at radius 2 is 2.17 bits per heavy atom. The maximum Gasteiger partial charge on any atom is 0.136 e. The maximum absolute atomic E-state index is 5.15. The number of methoxy groups -OCH3 is 1. The molecule has 0 spiro atoms. The molecule has 1 aromatic heterocycles. The molecule has 1 heterocycles. The summed E-state index contributed by atoms with van der Waals surface area (Å²) in [6, 6.07) is 1.95. The molecule has 1 aromatic rings. The quantitative estimate of drug-likeness (QED) is 0.779. The van der Waals surface area contributed by atoms with Gasteiger partial charge < -0.3 is 4.74 Å². The molecular weight excluding hydrogens is 218 g/mol. The van der Waals surface area contributed by atoms with Crippen molar-refractivity contribution in [3.05, 3.63) is 22.4 Å². The Bertz CT molecular complexity index is 273. The first-order valence-corrected chi connectivity index (χ1v) is 4.64. The van der Waals surface area contributed by atoms with Crippen molar-refractivity contribution in [2.45, 2.75) is 19.8 Å². The lowest BCUT2D eigenvalue weighted by atomic mass is 10.1. The lowest BCUT2D eigenvalue weighted by Crippen LogP contribution is -1.94. The number of hydrogen-bond donors (Lipinski definition) is 0. The van der Waals surface area contributed by atoms with Crippen LogP contribution in [-0.4, -0.2) is 12.1 Å². The Kier molecular flexibility index (Phi) is 3.09. The van der Waals surface area contributed by atoms with Gasteiger partial charge in [0.1, 0.15) is 5.75 Å². The average Bonchev–Trinajstić information content (AvgIpc) is 2.05. The first kappa shape index (κ1) is 9.52. The highest BCUT2D eigenvalue weighted by Gasteiger charge is 2.05. The molecule has 0 aliphatic rings. The summed E-state index contributed by atoms with van der Waals surface area (Å²) in [6.45, 7) is 4.21. The molecular formula is C9H12BrNO. The summed E-state index contributed by atoms with van der Waals surface area (Å²) in [6.07, 6.45) is 1.77. The van der Waals surface area contributed by atoms with E-state index in [-0.39, 0.29) is 0 Å². The van der Waals surface area contributed by atoms with E-state index in [0.29, 0.717) is 5.92 Å². The zero-order chi connectivity index (χ0) is 9.14. The van der Waals surface area contributed by atoms with Crippen LogP contribution in [0.25, 0.3) is 0 Å². The van der Waals surface area contributed by atoms with Crippen LogP contribution in [0.5, 0.6) is 5.75 Å². The summed E-state index contributed by atoms with van der Waals surface area (Å²) < 4.78 is 6.05. The minimum atomic E-state index is 0.437. The van der Waals surface area contributed by atoms with E-state index in [2.05, 4.69) is 34.8 Å². The highest BCUT2D eigenvalue weighted by Crippen LogP contribution is 2.26. The molecule has 0 bridgehead atoms. The lowest BCUT2D eigenvalue weighted by Gasteiger charge is -2.07. The molecule has 0 radical (unpaired) electrons. The summed E-state index contributed by atoms with van der Waals surface area (Å²) in [5, 5.41) is 0. The second-order valence-electron chi connectivity index (χ2n) is 2.90. The van der Waals surface area contributed by atoms with Crippen molar-refractivity contribution >= 4 is 15.9 Å². The van der Waals surface area contributed by atoms with Gasteiger partial charge in [-0.15, -0.1) is 0 Å². The molecule has 66 valence electrons. The van der Waals surface area contributed by atoms with Crippen LogP contribution in [0, 0.1) is 0 Å². The molecule has 0 N–H and O–H groups in total. The van der Waals surface area contributed by atoms with Gasteiger partial charge in [-0.05, 0) is 21.8 Å². The molecule has 0 saturated heterocycles. The van der Waals surface area contributed by atoms with Gasteiger partial charge in [-0.25, -0.2) is 0 Å². The summed E-state index contributed by atoms with van der Waals surface area (Å²) in [5.41, 5.74) is 1.05. The summed E-state index contributed by atoms with van der Waals surface area (Å²) in [4.78, 5) is 4.26. The second-order valence-corrected chi connectivity index (χ2v) is 3.75. The minimum Gasteiger partial charge on any atom is -0.495 e. The molecule has 0 amide bonds. The molecule has 0 aliphatic carbocycles. The normalized spacial score (nSPS) is 10.4. The van der Waals surface area contributed by atoms with Gasteiger partial charge in [0.25, 0.3) is 0 Å². The third-order valence-electron chi connectivity index (χ3n) is 1.65. The average molecular weight is 230 g/mol. The maximum atomic E-state index is 5.15. The van der Waals surface area contributed by atoms with Gasteiger partial charge >= 0.3 is 0 Å². The van der Waals surface area contributed by atoms with E-state index >= 15 is 0 Å². The SMILES string of the molecule is COc1cc(C(C)C)ncc1Br. The van der Waals surface area contributed by atoms with Gasteiger partial charge in [0.05, 0.1) is 11.6 Å². The zero-order valence-corrected chi connectivity index (χ0v) is 9.05. The molecule has 0 fully saturated rings. The molecule has 0 aromatic carbocycles. The Hall–Kier alpha value is -0.570. The Morgan fingerprint density at radius 3 is 2.67 bits per heavy atom. The van der Waals surface area contributed by atoms with Gasteiger partial charge in [0, 0.05) is 18.0 Å². The van der Waals surface area contributed by atoms with Gasteiger partial charge in [-0.2, -0.15) is 0 Å². The highest BCUT2D eigenvalue weighted by molar-refractivity contribution is 9.10. The highest BCUT2D eigenvalue weighted by atomic mass is 79.9. The van der Waals surface area contributed by atoms with Crippen LogP contribution in [0.15, 0.2) is 16.7 Å². The number of ether oxygens (including phenoxy) is 1. The summed E-state index contributed by atoms with van der Waals surface area (Å²) in [5.74, 6) is 1.28. The number of nitrogens with zero attached hydrogens (tertiary/aromatic N) is 1. The number of hydrogen-bond acceptors (Lipinski definition) is 2. The predicted octanol–water partition coefficient (Wildman–Crippen LogP) is 2.98. The third-order valence-corrected chi connectivity index (χ3v) is 2.25. The zero-order valence-electron chi connectivity index (χ0n) is 7.47. The molecule has 0 saturated carbocycles. The minimum absolute atomic E-state index is 0.437. The second kappa shape index (κ2) is 3.90. The van der Waals surface area contributed by atoms with Crippen LogP contribution in [0.4, 0.5) is 0 Å². The largest absolute Gasteiger partial charge is 0.495 e. The molecule has 12 heavy (non-hydrogen) atoms. The molecule has 0 unspecified atom stereocenters. The van der Waals surface area contributed by atoms with E-state index in [1.165, 1.54) is 0 Å². The van der Waals surface area contributed by atoms with E-state index in [1.54, 1.807) is 13.3 Å². The summed E-state index contributed by atoms with van der Waals surface area (Å²) >= 11 is 3.35. The molecule has 2 nitrogen and oxygen atoms in total. The summed E-state index contributed by atoms with van der Waals surface area (Å²) in [7, 11) is 1.66. The Labute approximate surface area is 81.1 Å². The van der Waals surface area contributed by atoms with E-state index in [9.17, 15) is 0 Å². The Balaban J connectivity index is 3.05. The first-order valence-electron chi connectivity index (χ1n) is 3.84. The molecule has 0 aliphatic heterocycles. The number of pyridine rings is 1. The lowest BCUT2D eigenvalue weighted by molar-refractivity contribution is 0.410. The van der Waals surface area contributed by atoms with Crippen LogP contribution < -0.4 is 4.74 Å². The van der Waals surface area contributed by atoms with Crippen LogP contribution >= 0.6 is 15.9 Å². The number of aromatic nitrogens is 1. The van der Waals surface area contributed by atoms with E-state index in [0.717, 1.165) is 15.9 Å². The number of rotatable bonds is 2. The van der Waals surface area contributed by atoms with Crippen LogP contribution in [-0.2, 0) is 0 Å². The van der Waals surface area contributed by atoms with E-state index < -0.39 is 0 Å². The molecule has 3 heteroatoms. The van der Waals surface area contributed by atoms with Crippen molar-refractivity contribution in [2.24, 2.45) is 0 Å². The predicted molar refractivity (Wildman–Crippen MR) is 52.6 cm³/mol. The van der Waals surface area contributed by atoms with Crippen molar-refractivity contribution < 1.29 is 4.74 Å². The van der Waals surface area contributed by atoms with E-state index in [1.807, 2.05) is 6.07 Å². The first-order chi connectivity index (χ1) is 5.65. The van der Waals surface area contributed by atoms with Crippen molar-refractivity contribution in [1.29, 1.82) is 0 Å². The fourth-order valence-corrected chi connectivity index (χ4v) is 1.29. The van der Waals surface area contributed by atoms with Gasteiger partial charge in [-0.1, -0.05) is 13.8 Å². The van der Waals surface area contributed by atoms with Crippen molar-refractivity contribution in [3.63, 3.8) is 0 Å². The van der Waals surface area contributed by atoms with Crippen molar-refractivity contribution in [2.75, 3.05) is 7.11 Å². The van der Waals surface area contributed by atoms with Crippen LogP contribution in [0.3, 0.4) is 0 Å². The van der Waals surface area contributed by atoms with Gasteiger partial charge in [0.15, 0.2) is 0 Å². The fourth-order valence-electron chi connectivity index (χ4n) is 0.908. The molecule has 1 rings (SSSR count). The van der Waals surface area contributed by atoms with E-state index in [4.69, 9.17) is 4.74 Å². The topological polar surface area (TPSA) is 22.1 Å².